The highest BCUT2D eigenvalue weighted by Gasteiger charge is 2.15. The normalized spacial score (nSPS) is 10.6. The van der Waals surface area contributed by atoms with Crippen molar-refractivity contribution in [1.29, 1.82) is 0 Å². The molecule has 3 nitrogen and oxygen atoms in total. The van der Waals surface area contributed by atoms with Gasteiger partial charge in [0.1, 0.15) is 0 Å². The monoisotopic (exact) mass is 210 g/mol. The Labute approximate surface area is 84.5 Å². The van der Waals surface area contributed by atoms with Crippen molar-refractivity contribution < 1.29 is 13.3 Å². The van der Waals surface area contributed by atoms with Gasteiger partial charge in [0.25, 0.3) is 0 Å². The highest BCUT2D eigenvalue weighted by atomic mass is 19.2. The van der Waals surface area contributed by atoms with E-state index in [0.717, 1.165) is 0 Å². The van der Waals surface area contributed by atoms with Crippen LogP contribution in [0.15, 0.2) is 22.7 Å². The molecule has 5 heteroatoms. The fourth-order valence-electron chi connectivity index (χ4n) is 1.25. The predicted molar refractivity (Wildman–Crippen MR) is 51.0 cm³/mol. The molecule has 2 rings (SSSR count). The van der Waals surface area contributed by atoms with Gasteiger partial charge in [0.2, 0.25) is 0 Å². The van der Waals surface area contributed by atoms with Crippen LogP contribution in [0.5, 0.6) is 0 Å². The number of aryl methyl sites for hydroxylation is 1. The van der Waals surface area contributed by atoms with E-state index in [4.69, 9.17) is 10.3 Å². The molecule has 0 atom stereocenters. The van der Waals surface area contributed by atoms with Crippen molar-refractivity contribution >= 4 is 5.82 Å². The van der Waals surface area contributed by atoms with E-state index in [1.165, 1.54) is 25.1 Å². The second-order valence-corrected chi connectivity index (χ2v) is 3.17. The molecule has 1 aromatic carbocycles. The minimum Gasteiger partial charge on any atom is -0.381 e. The lowest BCUT2D eigenvalue weighted by Gasteiger charge is -2.01. The topological polar surface area (TPSA) is 52.0 Å². The fraction of sp³-hybridized carbons (Fsp3) is 0.100. The van der Waals surface area contributed by atoms with Crippen LogP contribution < -0.4 is 5.73 Å². The van der Waals surface area contributed by atoms with E-state index >= 15 is 0 Å². The third kappa shape index (κ3) is 1.56. The van der Waals surface area contributed by atoms with E-state index in [-0.39, 0.29) is 22.7 Å². The van der Waals surface area contributed by atoms with Crippen molar-refractivity contribution in [3.05, 3.63) is 35.4 Å². The number of benzene rings is 1. The van der Waals surface area contributed by atoms with Crippen LogP contribution in [0, 0.1) is 18.6 Å². The van der Waals surface area contributed by atoms with Gasteiger partial charge in [-0.3, -0.25) is 0 Å². The van der Waals surface area contributed by atoms with Gasteiger partial charge in [0, 0.05) is 6.07 Å². The van der Waals surface area contributed by atoms with E-state index in [9.17, 15) is 8.78 Å². The Morgan fingerprint density at radius 1 is 1.27 bits per heavy atom. The second-order valence-electron chi connectivity index (χ2n) is 3.17. The first-order valence-electron chi connectivity index (χ1n) is 4.26. The molecule has 78 valence electrons. The Kier molecular flexibility index (Phi) is 2.15. The van der Waals surface area contributed by atoms with Crippen molar-refractivity contribution in [2.24, 2.45) is 0 Å². The van der Waals surface area contributed by atoms with E-state index in [1.807, 2.05) is 0 Å². The lowest BCUT2D eigenvalue weighted by Crippen LogP contribution is -1.92. The molecule has 0 bridgehead atoms. The van der Waals surface area contributed by atoms with Gasteiger partial charge in [0.05, 0.1) is 5.56 Å². The third-order valence-corrected chi connectivity index (χ3v) is 2.07. The number of hydrogen-bond acceptors (Lipinski definition) is 3. The Balaban J connectivity index is 2.59. The zero-order chi connectivity index (χ0) is 11.0. The molecular formula is C10H8F2N2O. The molecule has 0 saturated carbocycles. The lowest BCUT2D eigenvalue weighted by atomic mass is 10.1. The molecule has 0 unspecified atom stereocenters. The summed E-state index contributed by atoms with van der Waals surface area (Å²) >= 11 is 0. The predicted octanol–water partition coefficient (Wildman–Crippen LogP) is 2.51. The number of halogens is 2. The van der Waals surface area contributed by atoms with Crippen molar-refractivity contribution in [2.75, 3.05) is 5.73 Å². The Morgan fingerprint density at radius 2 is 2.00 bits per heavy atom. The number of rotatable bonds is 1. The second kappa shape index (κ2) is 3.34. The van der Waals surface area contributed by atoms with E-state index in [2.05, 4.69) is 5.16 Å². The first kappa shape index (κ1) is 9.64. The average Bonchev–Trinajstić information content (AvgIpc) is 2.61. The first-order chi connectivity index (χ1) is 7.09. The van der Waals surface area contributed by atoms with E-state index in [0.29, 0.717) is 0 Å². The Bertz CT molecular complexity index is 508. The van der Waals surface area contributed by atoms with Gasteiger partial charge >= 0.3 is 0 Å². The summed E-state index contributed by atoms with van der Waals surface area (Å²) in [6.45, 7) is 1.48. The maximum atomic E-state index is 13.5. The number of hydrogen-bond donors (Lipinski definition) is 1. The highest BCUT2D eigenvalue weighted by Crippen LogP contribution is 2.27. The van der Waals surface area contributed by atoms with Crippen LogP contribution in [0.1, 0.15) is 5.56 Å². The number of aromatic nitrogens is 1. The van der Waals surface area contributed by atoms with E-state index < -0.39 is 11.6 Å². The zero-order valence-corrected chi connectivity index (χ0v) is 7.92. The molecule has 0 aliphatic heterocycles. The molecule has 0 spiro atoms. The summed E-state index contributed by atoms with van der Waals surface area (Å²) in [6.07, 6.45) is 0. The van der Waals surface area contributed by atoms with Crippen molar-refractivity contribution in [2.45, 2.75) is 6.92 Å². The SMILES string of the molecule is Cc1ccc(-c2cc(N)no2)c(F)c1F. The molecule has 0 amide bonds. The number of nitrogens with two attached hydrogens (primary N) is 1. The minimum atomic E-state index is -0.953. The van der Waals surface area contributed by atoms with Gasteiger partial charge in [0.15, 0.2) is 23.2 Å². The maximum Gasteiger partial charge on any atom is 0.172 e. The van der Waals surface area contributed by atoms with Crippen LogP contribution in [-0.4, -0.2) is 5.16 Å². The Hall–Kier alpha value is -1.91. The number of nitrogen functional groups attached to an aromatic ring is 1. The highest BCUT2D eigenvalue weighted by molar-refractivity contribution is 5.61. The average molecular weight is 210 g/mol. The standard InChI is InChI=1S/C10H8F2N2O/c1-5-2-3-6(10(12)9(5)11)7-4-8(13)14-15-7/h2-4H,1H3,(H2,13,14). The maximum absolute atomic E-state index is 13.5. The van der Waals surface area contributed by atoms with Gasteiger partial charge < -0.3 is 10.3 Å². The summed E-state index contributed by atoms with van der Waals surface area (Å²) < 4.78 is 31.4. The van der Waals surface area contributed by atoms with Gasteiger partial charge in [-0.15, -0.1) is 0 Å². The summed E-state index contributed by atoms with van der Waals surface area (Å²) in [5.74, 6) is -1.59. The van der Waals surface area contributed by atoms with Crippen molar-refractivity contribution in [1.82, 2.24) is 5.16 Å². The quantitative estimate of drug-likeness (QED) is 0.786. The van der Waals surface area contributed by atoms with Crippen LogP contribution in [0.3, 0.4) is 0 Å². The van der Waals surface area contributed by atoms with Crippen LogP contribution in [0.4, 0.5) is 14.6 Å². The molecule has 1 heterocycles. The van der Waals surface area contributed by atoms with Crippen molar-refractivity contribution in [3.8, 4) is 11.3 Å². The summed E-state index contributed by atoms with van der Waals surface area (Å²) in [5.41, 5.74) is 5.57. The third-order valence-electron chi connectivity index (χ3n) is 2.07. The molecule has 2 aromatic rings. The largest absolute Gasteiger partial charge is 0.381 e. The molecule has 0 aliphatic rings. The van der Waals surface area contributed by atoms with E-state index in [1.54, 1.807) is 0 Å². The number of nitrogens with zero attached hydrogens (tertiary/aromatic N) is 1. The fourth-order valence-corrected chi connectivity index (χ4v) is 1.25. The van der Waals surface area contributed by atoms with Crippen LogP contribution in [0.25, 0.3) is 11.3 Å². The first-order valence-corrected chi connectivity index (χ1v) is 4.26. The molecule has 0 aliphatic carbocycles. The summed E-state index contributed by atoms with van der Waals surface area (Å²) in [7, 11) is 0. The summed E-state index contributed by atoms with van der Waals surface area (Å²) in [4.78, 5) is 0. The summed E-state index contributed by atoms with van der Waals surface area (Å²) in [6, 6.07) is 4.23. The Morgan fingerprint density at radius 3 is 2.60 bits per heavy atom. The summed E-state index contributed by atoms with van der Waals surface area (Å²) in [5, 5.41) is 3.40. The molecule has 0 radical (unpaired) electrons. The lowest BCUT2D eigenvalue weighted by molar-refractivity contribution is 0.430. The van der Waals surface area contributed by atoms with Crippen LogP contribution in [0.2, 0.25) is 0 Å². The molecular weight excluding hydrogens is 202 g/mol. The molecule has 15 heavy (non-hydrogen) atoms. The van der Waals surface area contributed by atoms with Gasteiger partial charge in [-0.2, -0.15) is 0 Å². The molecule has 1 aromatic heterocycles. The number of anilines is 1. The van der Waals surface area contributed by atoms with Gasteiger partial charge in [-0.05, 0) is 18.6 Å². The van der Waals surface area contributed by atoms with Gasteiger partial charge in [-0.25, -0.2) is 8.78 Å². The zero-order valence-electron chi connectivity index (χ0n) is 7.92. The van der Waals surface area contributed by atoms with Crippen molar-refractivity contribution in [3.63, 3.8) is 0 Å². The minimum absolute atomic E-state index is 0.0160. The molecule has 2 N–H and O–H groups in total. The molecule has 0 saturated heterocycles. The van der Waals surface area contributed by atoms with Crippen LogP contribution in [-0.2, 0) is 0 Å². The smallest absolute Gasteiger partial charge is 0.172 e. The van der Waals surface area contributed by atoms with Gasteiger partial charge in [-0.1, -0.05) is 11.2 Å². The van der Waals surface area contributed by atoms with Crippen LogP contribution >= 0.6 is 0 Å². The molecule has 0 fully saturated rings.